The second kappa shape index (κ2) is 9.63. The van der Waals surface area contributed by atoms with Gasteiger partial charge in [0.25, 0.3) is 5.89 Å². The number of ether oxygens (including phenoxy) is 1. The van der Waals surface area contributed by atoms with Crippen LogP contribution in [0.2, 0.25) is 0 Å². The highest BCUT2D eigenvalue weighted by Gasteiger charge is 2.33. The summed E-state index contributed by atoms with van der Waals surface area (Å²) in [5, 5.41) is 3.70. The van der Waals surface area contributed by atoms with Gasteiger partial charge in [0.1, 0.15) is 6.54 Å². The van der Waals surface area contributed by atoms with Crippen molar-refractivity contribution in [1.82, 2.24) is 30.1 Å². The van der Waals surface area contributed by atoms with E-state index in [1.807, 2.05) is 0 Å². The van der Waals surface area contributed by atoms with Gasteiger partial charge in [0.15, 0.2) is 6.61 Å². The van der Waals surface area contributed by atoms with Crippen molar-refractivity contribution in [3.63, 3.8) is 0 Å². The predicted octanol–water partition coefficient (Wildman–Crippen LogP) is 4.21. The average Bonchev–Trinajstić information content (AvgIpc) is 3.31. The molecule has 0 spiro atoms. The molecule has 2 N–H and O–H groups in total. The highest BCUT2D eigenvalue weighted by molar-refractivity contribution is 5.61. The lowest BCUT2D eigenvalue weighted by Crippen LogP contribution is -2.32. The van der Waals surface area contributed by atoms with Crippen LogP contribution in [-0.4, -0.2) is 55.6 Å². The fourth-order valence-corrected chi connectivity index (χ4v) is 2.85. The molecule has 0 fully saturated rings. The first-order valence-corrected chi connectivity index (χ1v) is 9.88. The third kappa shape index (κ3) is 6.34. The number of nitrogen functional groups attached to an aromatic ring is 1. The predicted molar refractivity (Wildman–Crippen MR) is 112 cm³/mol. The summed E-state index contributed by atoms with van der Waals surface area (Å²) in [7, 11) is 0. The number of para-hydroxylation sites is 1. The Bertz CT molecular complexity index is 1310. The maximum atomic E-state index is 13.3. The summed E-state index contributed by atoms with van der Waals surface area (Å²) in [5.41, 5.74) is 6.08. The molecule has 188 valence electrons. The van der Waals surface area contributed by atoms with Crippen molar-refractivity contribution in [2.24, 2.45) is 0 Å². The molecule has 1 aromatic carbocycles. The number of nitrogens with two attached hydrogens (primary N) is 1. The van der Waals surface area contributed by atoms with Gasteiger partial charge in [-0.05, 0) is 18.2 Å². The maximum Gasteiger partial charge on any atom is 0.422 e. The minimum Gasteiger partial charge on any atom is -0.468 e. The van der Waals surface area contributed by atoms with Crippen LogP contribution in [0.4, 0.5) is 43.9 Å². The molecule has 0 atom stereocenters. The van der Waals surface area contributed by atoms with Crippen LogP contribution >= 0.6 is 0 Å². The van der Waals surface area contributed by atoms with Crippen molar-refractivity contribution in [1.29, 1.82) is 0 Å². The molecule has 4 rings (SSSR count). The molecule has 4 aromatic rings. The van der Waals surface area contributed by atoms with Crippen molar-refractivity contribution in [2.45, 2.75) is 12.4 Å². The summed E-state index contributed by atoms with van der Waals surface area (Å²) in [6, 6.07) is 10.1. The van der Waals surface area contributed by atoms with Crippen LogP contribution < -0.4 is 15.4 Å². The number of aromatic nitrogens is 6. The minimum absolute atomic E-state index is 0.115. The lowest BCUT2D eigenvalue weighted by Gasteiger charge is -2.24. The largest absolute Gasteiger partial charge is 0.468 e. The number of anilines is 3. The van der Waals surface area contributed by atoms with E-state index in [0.717, 1.165) is 11.1 Å². The second-order valence-corrected chi connectivity index (χ2v) is 7.07. The maximum absolute atomic E-state index is 13.3. The molecule has 0 saturated carbocycles. The Morgan fingerprint density at radius 1 is 0.861 bits per heavy atom. The van der Waals surface area contributed by atoms with E-state index in [1.54, 1.807) is 18.2 Å². The van der Waals surface area contributed by atoms with E-state index in [-0.39, 0.29) is 34.7 Å². The Morgan fingerprint density at radius 2 is 1.61 bits per heavy atom. The number of benzene rings is 1. The first-order valence-electron chi connectivity index (χ1n) is 9.88. The third-order valence-corrected chi connectivity index (χ3v) is 4.28. The number of pyridine rings is 1. The van der Waals surface area contributed by atoms with E-state index in [4.69, 9.17) is 10.3 Å². The third-order valence-electron chi connectivity index (χ3n) is 4.28. The lowest BCUT2D eigenvalue weighted by molar-refractivity contribution is -0.154. The van der Waals surface area contributed by atoms with E-state index in [2.05, 4.69) is 34.8 Å². The SMILES string of the molecule is Nc1nc(-c2noc(-c3ccc(OCC(F)(F)F)nc3)n2)nc(N(CC(F)(F)F)c2ccccc2)n1. The molecule has 0 radical (unpaired) electrons. The Morgan fingerprint density at radius 3 is 2.25 bits per heavy atom. The minimum atomic E-state index is -4.60. The molecule has 16 heteroatoms. The van der Waals surface area contributed by atoms with Crippen LogP contribution in [0.15, 0.2) is 53.2 Å². The van der Waals surface area contributed by atoms with Gasteiger partial charge in [-0.2, -0.15) is 46.3 Å². The van der Waals surface area contributed by atoms with Crippen molar-refractivity contribution in [3.8, 4) is 29.0 Å². The molecule has 0 amide bonds. The van der Waals surface area contributed by atoms with Crippen molar-refractivity contribution >= 4 is 17.6 Å². The highest BCUT2D eigenvalue weighted by atomic mass is 19.4. The van der Waals surface area contributed by atoms with E-state index in [1.165, 1.54) is 24.3 Å². The van der Waals surface area contributed by atoms with Gasteiger partial charge in [-0.15, -0.1) is 0 Å². The second-order valence-electron chi connectivity index (χ2n) is 7.07. The Kier molecular flexibility index (Phi) is 6.59. The Labute approximate surface area is 197 Å². The van der Waals surface area contributed by atoms with Crippen LogP contribution in [0, 0.1) is 0 Å². The molecule has 3 aromatic heterocycles. The fourth-order valence-electron chi connectivity index (χ4n) is 2.85. The Hall–Kier alpha value is -4.50. The topological polar surface area (TPSA) is 129 Å². The molecule has 0 saturated heterocycles. The summed E-state index contributed by atoms with van der Waals surface area (Å²) in [6.07, 6.45) is -7.99. The van der Waals surface area contributed by atoms with E-state index < -0.39 is 37.4 Å². The average molecular weight is 512 g/mol. The fraction of sp³-hybridized carbons (Fsp3) is 0.200. The molecular formula is C20H14F6N8O2. The highest BCUT2D eigenvalue weighted by Crippen LogP contribution is 2.29. The molecule has 36 heavy (non-hydrogen) atoms. The quantitative estimate of drug-likeness (QED) is 0.360. The summed E-state index contributed by atoms with van der Waals surface area (Å²) in [4.78, 5) is 20.3. The molecule has 10 nitrogen and oxygen atoms in total. The monoisotopic (exact) mass is 512 g/mol. The molecule has 3 heterocycles. The number of rotatable bonds is 7. The zero-order valence-corrected chi connectivity index (χ0v) is 17.8. The van der Waals surface area contributed by atoms with E-state index in [9.17, 15) is 26.3 Å². The number of hydrogen-bond acceptors (Lipinski definition) is 10. The molecular weight excluding hydrogens is 498 g/mol. The van der Waals surface area contributed by atoms with Gasteiger partial charge >= 0.3 is 12.4 Å². The van der Waals surface area contributed by atoms with E-state index >= 15 is 0 Å². The molecule has 0 bridgehead atoms. The van der Waals surface area contributed by atoms with Gasteiger partial charge in [0.05, 0.1) is 5.56 Å². The molecule has 0 aliphatic rings. The van der Waals surface area contributed by atoms with Crippen molar-refractivity contribution in [2.75, 3.05) is 23.8 Å². The normalized spacial score (nSPS) is 11.9. The molecule has 0 aliphatic carbocycles. The van der Waals surface area contributed by atoms with Gasteiger partial charge in [0.2, 0.25) is 29.4 Å². The van der Waals surface area contributed by atoms with Crippen LogP contribution in [0.3, 0.4) is 0 Å². The zero-order valence-electron chi connectivity index (χ0n) is 17.8. The number of alkyl halides is 6. The number of nitrogens with zero attached hydrogens (tertiary/aromatic N) is 7. The first kappa shape index (κ1) is 24.6. The van der Waals surface area contributed by atoms with E-state index in [0.29, 0.717) is 0 Å². The summed E-state index contributed by atoms with van der Waals surface area (Å²) in [5.74, 6) is -1.68. The van der Waals surface area contributed by atoms with Crippen LogP contribution in [0.5, 0.6) is 5.88 Å². The van der Waals surface area contributed by atoms with Gasteiger partial charge in [0, 0.05) is 18.0 Å². The van der Waals surface area contributed by atoms with Gasteiger partial charge in [-0.25, -0.2) is 4.98 Å². The summed E-state index contributed by atoms with van der Waals surface area (Å²) < 4.78 is 86.2. The number of halogens is 6. The molecule has 0 aliphatic heterocycles. The van der Waals surface area contributed by atoms with Crippen LogP contribution in [0.1, 0.15) is 0 Å². The van der Waals surface area contributed by atoms with Crippen LogP contribution in [-0.2, 0) is 0 Å². The standard InChI is InChI=1S/C20H14F6N8O2/c21-19(22,23)9-34(12-4-2-1-3-5-12)18-31-14(30-17(27)32-18)15-29-16(36-33-15)11-6-7-13(28-8-11)35-10-20(24,25)26/h1-8H,9-10H2,(H2,27,30,31,32). The molecule has 0 unspecified atom stereocenters. The summed E-state index contributed by atoms with van der Waals surface area (Å²) in [6.45, 7) is -2.92. The lowest BCUT2D eigenvalue weighted by atomic mass is 10.3. The Balaban J connectivity index is 1.61. The van der Waals surface area contributed by atoms with Crippen molar-refractivity contribution < 1.29 is 35.6 Å². The van der Waals surface area contributed by atoms with Crippen molar-refractivity contribution in [3.05, 3.63) is 48.7 Å². The summed E-state index contributed by atoms with van der Waals surface area (Å²) >= 11 is 0. The zero-order chi connectivity index (χ0) is 25.9. The van der Waals surface area contributed by atoms with Gasteiger partial charge < -0.3 is 19.9 Å². The smallest absolute Gasteiger partial charge is 0.422 e. The van der Waals surface area contributed by atoms with Gasteiger partial charge in [-0.3, -0.25) is 0 Å². The first-order chi connectivity index (χ1) is 17.0. The van der Waals surface area contributed by atoms with Crippen LogP contribution in [0.25, 0.3) is 23.1 Å². The number of hydrogen-bond donors (Lipinski definition) is 1. The van der Waals surface area contributed by atoms with Gasteiger partial charge in [-0.1, -0.05) is 23.4 Å².